The fraction of sp³-hybridized carbons (Fsp3) is 0.583. The van der Waals surface area contributed by atoms with Gasteiger partial charge in [-0.15, -0.1) is 0 Å². The second-order valence-corrected chi connectivity index (χ2v) is 4.11. The van der Waals surface area contributed by atoms with Gasteiger partial charge in [-0.2, -0.15) is 0 Å². The average molecular weight is 223 g/mol. The van der Waals surface area contributed by atoms with Crippen LogP contribution >= 0.6 is 0 Å². The Labute approximate surface area is 95.2 Å². The summed E-state index contributed by atoms with van der Waals surface area (Å²) in [5.74, 6) is 0.807. The summed E-state index contributed by atoms with van der Waals surface area (Å²) in [6.45, 7) is 1.53. The summed E-state index contributed by atoms with van der Waals surface area (Å²) in [5.41, 5.74) is 0. The Kier molecular flexibility index (Phi) is 3.62. The molecule has 0 N–H and O–H groups in total. The van der Waals surface area contributed by atoms with Gasteiger partial charge in [0.1, 0.15) is 5.76 Å². The molecule has 0 unspecified atom stereocenters. The summed E-state index contributed by atoms with van der Waals surface area (Å²) in [6.07, 6.45) is 4.58. The summed E-state index contributed by atoms with van der Waals surface area (Å²) in [7, 11) is 1.43. The Morgan fingerprint density at radius 1 is 1.62 bits per heavy atom. The lowest BCUT2D eigenvalue weighted by atomic mass is 10.3. The van der Waals surface area contributed by atoms with Gasteiger partial charge >= 0.3 is 5.97 Å². The van der Waals surface area contributed by atoms with Crippen molar-refractivity contribution in [2.75, 3.05) is 13.7 Å². The van der Waals surface area contributed by atoms with Crippen LogP contribution in [0.25, 0.3) is 0 Å². The standard InChI is InChI=1S/C12H17NO3/c1-15-12(14)6-7-13(10-4-5-10)9-11-3-2-8-16-11/h2-3,8,10H,4-7,9H2,1H3. The van der Waals surface area contributed by atoms with Crippen molar-refractivity contribution in [2.45, 2.75) is 31.8 Å². The fourth-order valence-electron chi connectivity index (χ4n) is 1.77. The van der Waals surface area contributed by atoms with Crippen molar-refractivity contribution in [1.82, 2.24) is 4.90 Å². The van der Waals surface area contributed by atoms with Gasteiger partial charge in [-0.25, -0.2) is 0 Å². The summed E-state index contributed by atoms with van der Waals surface area (Å²) in [5, 5.41) is 0. The predicted molar refractivity (Wildman–Crippen MR) is 58.8 cm³/mol. The molecule has 16 heavy (non-hydrogen) atoms. The number of ether oxygens (including phenoxy) is 1. The van der Waals surface area contributed by atoms with E-state index < -0.39 is 0 Å². The van der Waals surface area contributed by atoms with Crippen LogP contribution in [0.3, 0.4) is 0 Å². The Bertz CT molecular complexity index is 330. The van der Waals surface area contributed by atoms with Gasteiger partial charge in [-0.05, 0) is 25.0 Å². The topological polar surface area (TPSA) is 42.7 Å². The van der Waals surface area contributed by atoms with Crippen molar-refractivity contribution >= 4 is 5.97 Å². The largest absolute Gasteiger partial charge is 0.469 e. The first-order valence-corrected chi connectivity index (χ1v) is 5.63. The molecule has 1 aromatic rings. The number of hydrogen-bond donors (Lipinski definition) is 0. The van der Waals surface area contributed by atoms with Gasteiger partial charge in [0.25, 0.3) is 0 Å². The third-order valence-electron chi connectivity index (χ3n) is 2.83. The highest BCUT2D eigenvalue weighted by atomic mass is 16.5. The molecule has 4 heteroatoms. The molecule has 88 valence electrons. The minimum absolute atomic E-state index is 0.148. The number of rotatable bonds is 6. The first-order valence-electron chi connectivity index (χ1n) is 5.63. The number of nitrogens with zero attached hydrogens (tertiary/aromatic N) is 1. The maximum absolute atomic E-state index is 11.1. The van der Waals surface area contributed by atoms with Crippen LogP contribution in [0.2, 0.25) is 0 Å². The van der Waals surface area contributed by atoms with E-state index in [4.69, 9.17) is 4.42 Å². The van der Waals surface area contributed by atoms with E-state index in [9.17, 15) is 4.79 Å². The first kappa shape index (κ1) is 11.2. The molecule has 1 aliphatic carbocycles. The second kappa shape index (κ2) is 5.16. The van der Waals surface area contributed by atoms with Crippen LogP contribution in [0.1, 0.15) is 25.0 Å². The van der Waals surface area contributed by atoms with E-state index in [2.05, 4.69) is 9.64 Å². The molecule has 1 aliphatic rings. The van der Waals surface area contributed by atoms with Crippen LogP contribution in [0.15, 0.2) is 22.8 Å². The van der Waals surface area contributed by atoms with Gasteiger partial charge in [-0.3, -0.25) is 9.69 Å². The molecule has 0 bridgehead atoms. The zero-order chi connectivity index (χ0) is 11.4. The third kappa shape index (κ3) is 3.10. The van der Waals surface area contributed by atoms with Crippen LogP contribution in [-0.4, -0.2) is 30.6 Å². The van der Waals surface area contributed by atoms with E-state index >= 15 is 0 Å². The summed E-state index contributed by atoms with van der Waals surface area (Å²) in [4.78, 5) is 13.4. The van der Waals surface area contributed by atoms with E-state index in [0.717, 1.165) is 18.8 Å². The normalized spacial score (nSPS) is 15.4. The highest BCUT2D eigenvalue weighted by Gasteiger charge is 2.29. The molecule has 1 aromatic heterocycles. The van der Waals surface area contributed by atoms with Gasteiger partial charge in [0.2, 0.25) is 0 Å². The summed E-state index contributed by atoms with van der Waals surface area (Å²) < 4.78 is 9.96. The van der Waals surface area contributed by atoms with Crippen molar-refractivity contribution in [3.8, 4) is 0 Å². The van der Waals surface area contributed by atoms with E-state index in [-0.39, 0.29) is 5.97 Å². The molecule has 0 atom stereocenters. The van der Waals surface area contributed by atoms with Crippen molar-refractivity contribution in [3.05, 3.63) is 24.2 Å². The fourth-order valence-corrected chi connectivity index (χ4v) is 1.77. The highest BCUT2D eigenvalue weighted by Crippen LogP contribution is 2.28. The maximum Gasteiger partial charge on any atom is 0.306 e. The van der Waals surface area contributed by atoms with Gasteiger partial charge < -0.3 is 9.15 Å². The van der Waals surface area contributed by atoms with Crippen molar-refractivity contribution < 1.29 is 13.9 Å². The molecule has 0 aromatic carbocycles. The Balaban J connectivity index is 1.83. The van der Waals surface area contributed by atoms with E-state index in [1.165, 1.54) is 20.0 Å². The van der Waals surface area contributed by atoms with Gasteiger partial charge in [-0.1, -0.05) is 0 Å². The predicted octanol–water partition coefficient (Wildman–Crippen LogP) is 1.81. The molecular weight excluding hydrogens is 206 g/mol. The number of methoxy groups -OCH3 is 1. The average Bonchev–Trinajstić information content (AvgIpc) is 3.02. The van der Waals surface area contributed by atoms with Crippen LogP contribution in [0.4, 0.5) is 0 Å². The smallest absolute Gasteiger partial charge is 0.306 e. The molecule has 4 nitrogen and oxygen atoms in total. The molecule has 0 spiro atoms. The monoisotopic (exact) mass is 223 g/mol. The quantitative estimate of drug-likeness (QED) is 0.690. The lowest BCUT2D eigenvalue weighted by Crippen LogP contribution is -2.28. The van der Waals surface area contributed by atoms with Gasteiger partial charge in [0.05, 0.1) is 26.3 Å². The molecule has 1 fully saturated rings. The molecule has 0 radical (unpaired) electrons. The molecule has 0 amide bonds. The summed E-state index contributed by atoms with van der Waals surface area (Å²) >= 11 is 0. The molecule has 1 saturated carbocycles. The molecular formula is C12H17NO3. The lowest BCUT2D eigenvalue weighted by molar-refractivity contribution is -0.141. The molecule has 1 heterocycles. The zero-order valence-electron chi connectivity index (χ0n) is 9.52. The van der Waals surface area contributed by atoms with Crippen molar-refractivity contribution in [3.63, 3.8) is 0 Å². The highest BCUT2D eigenvalue weighted by molar-refractivity contribution is 5.69. The minimum Gasteiger partial charge on any atom is -0.469 e. The Morgan fingerprint density at radius 2 is 2.44 bits per heavy atom. The zero-order valence-corrected chi connectivity index (χ0v) is 9.52. The molecule has 0 aliphatic heterocycles. The Morgan fingerprint density at radius 3 is 3.00 bits per heavy atom. The van der Waals surface area contributed by atoms with E-state index in [1.54, 1.807) is 6.26 Å². The Hall–Kier alpha value is -1.29. The number of furan rings is 1. The lowest BCUT2D eigenvalue weighted by Gasteiger charge is -2.19. The van der Waals surface area contributed by atoms with E-state index in [0.29, 0.717) is 12.5 Å². The third-order valence-corrected chi connectivity index (χ3v) is 2.83. The maximum atomic E-state index is 11.1. The number of carbonyl (C=O) groups excluding carboxylic acids is 1. The van der Waals surface area contributed by atoms with E-state index in [1.807, 2.05) is 12.1 Å². The molecule has 0 saturated heterocycles. The number of hydrogen-bond acceptors (Lipinski definition) is 4. The van der Waals surface area contributed by atoms with Crippen LogP contribution < -0.4 is 0 Å². The number of esters is 1. The molecule has 2 rings (SSSR count). The minimum atomic E-state index is -0.148. The summed E-state index contributed by atoms with van der Waals surface area (Å²) in [6, 6.07) is 4.48. The van der Waals surface area contributed by atoms with Gasteiger partial charge in [0.15, 0.2) is 0 Å². The number of carbonyl (C=O) groups is 1. The SMILES string of the molecule is COC(=O)CCN(Cc1ccco1)C1CC1. The second-order valence-electron chi connectivity index (χ2n) is 4.11. The van der Waals surface area contributed by atoms with Crippen LogP contribution in [0, 0.1) is 0 Å². The van der Waals surface area contributed by atoms with Crippen LogP contribution in [0.5, 0.6) is 0 Å². The first-order chi connectivity index (χ1) is 7.79. The van der Waals surface area contributed by atoms with Crippen molar-refractivity contribution in [1.29, 1.82) is 0 Å². The van der Waals surface area contributed by atoms with Crippen LogP contribution in [-0.2, 0) is 16.1 Å². The van der Waals surface area contributed by atoms with Crippen molar-refractivity contribution in [2.24, 2.45) is 0 Å². The van der Waals surface area contributed by atoms with Gasteiger partial charge in [0, 0.05) is 12.6 Å².